The van der Waals surface area contributed by atoms with E-state index >= 15 is 0 Å². The zero-order valence-corrected chi connectivity index (χ0v) is 17.0. The summed E-state index contributed by atoms with van der Waals surface area (Å²) >= 11 is 5.78. The predicted octanol–water partition coefficient (Wildman–Crippen LogP) is 5.35. The zero-order chi connectivity index (χ0) is 24.1. The van der Waals surface area contributed by atoms with Gasteiger partial charge in [0.05, 0.1) is 10.6 Å². The summed E-state index contributed by atoms with van der Waals surface area (Å²) in [7, 11) is 0. The maximum atomic E-state index is 13.8. The largest absolute Gasteiger partial charge is 0.451 e. The van der Waals surface area contributed by atoms with Crippen LogP contribution < -0.4 is 0 Å². The molecular weight excluding hydrogens is 481 g/mol. The molecule has 0 N–H and O–H groups in total. The fourth-order valence-corrected chi connectivity index (χ4v) is 4.08. The molecule has 2 heterocycles. The van der Waals surface area contributed by atoms with Crippen LogP contribution in [0.4, 0.5) is 30.7 Å². The molecule has 0 fully saturated rings. The summed E-state index contributed by atoms with van der Waals surface area (Å²) in [6.07, 6.45) is -9.97. The van der Waals surface area contributed by atoms with E-state index in [-0.39, 0.29) is 18.9 Å². The van der Waals surface area contributed by atoms with E-state index in [1.54, 1.807) is 18.2 Å². The number of nitrogens with zero attached hydrogens (tertiary/aromatic N) is 4. The molecule has 0 bridgehead atoms. The summed E-state index contributed by atoms with van der Waals surface area (Å²) in [6, 6.07) is 7.90. The van der Waals surface area contributed by atoms with E-state index in [0.717, 1.165) is 15.5 Å². The number of alkyl halides is 6. The van der Waals surface area contributed by atoms with Gasteiger partial charge >= 0.3 is 12.4 Å². The monoisotopic (exact) mass is 492 g/mol. The second-order valence-electron chi connectivity index (χ2n) is 7.12. The Hall–Kier alpha value is -3.15. The van der Waals surface area contributed by atoms with Crippen LogP contribution in [0.25, 0.3) is 0 Å². The molecule has 5 nitrogen and oxygen atoms in total. The van der Waals surface area contributed by atoms with Crippen molar-refractivity contribution < 1.29 is 35.5 Å². The molecular formula is C20H12ClF7N4O. The number of rotatable bonds is 2. The number of hydrogen-bond acceptors (Lipinski definition) is 3. The lowest BCUT2D eigenvalue weighted by molar-refractivity contribution is -0.148. The van der Waals surface area contributed by atoms with E-state index in [4.69, 9.17) is 11.6 Å². The van der Waals surface area contributed by atoms with Gasteiger partial charge in [0, 0.05) is 13.1 Å². The van der Waals surface area contributed by atoms with Crippen molar-refractivity contribution in [1.82, 2.24) is 19.7 Å². The summed E-state index contributed by atoms with van der Waals surface area (Å²) in [5, 5.41) is 5.70. The second kappa shape index (κ2) is 8.01. The molecule has 2 aromatic carbocycles. The molecule has 1 aliphatic rings. The van der Waals surface area contributed by atoms with Gasteiger partial charge < -0.3 is 9.47 Å². The molecule has 13 heteroatoms. The normalized spacial score (nSPS) is 16.6. The van der Waals surface area contributed by atoms with Crippen molar-refractivity contribution in [3.05, 3.63) is 81.6 Å². The standard InChI is InChI=1S/C20H12ClF7N4O/c21-14-11(6-7-12(22)13(14)19(23,24)25)17(33)31-8-9-32-16(29-30-18(32)20(26,27)28)15(31)10-4-2-1-3-5-10/h1-7,15H,8-9H2/t15-/m0/s1. The molecule has 1 atom stereocenters. The maximum absolute atomic E-state index is 13.8. The van der Waals surface area contributed by atoms with Crippen LogP contribution in [0.3, 0.4) is 0 Å². The highest BCUT2D eigenvalue weighted by Gasteiger charge is 2.44. The Labute approximate surface area is 186 Å². The fourth-order valence-electron chi connectivity index (χ4n) is 3.74. The fraction of sp³-hybridized carbons (Fsp3) is 0.250. The molecule has 0 aliphatic carbocycles. The van der Waals surface area contributed by atoms with E-state index in [1.165, 1.54) is 12.1 Å². The number of halogens is 8. The number of carbonyl (C=O) groups is 1. The van der Waals surface area contributed by atoms with Gasteiger partial charge in [-0.1, -0.05) is 41.9 Å². The van der Waals surface area contributed by atoms with Gasteiger partial charge in [0.2, 0.25) is 5.82 Å². The SMILES string of the molecule is O=C(c1ccc(F)c(C(F)(F)F)c1Cl)N1CCn2c(nnc2C(F)(F)F)[C@@H]1c1ccccc1. The summed E-state index contributed by atoms with van der Waals surface area (Å²) in [5.74, 6) is -4.16. The Kier molecular flexibility index (Phi) is 5.59. The molecule has 0 radical (unpaired) electrons. The highest BCUT2D eigenvalue weighted by molar-refractivity contribution is 6.34. The van der Waals surface area contributed by atoms with Gasteiger partial charge in [-0.3, -0.25) is 4.79 Å². The minimum Gasteiger partial charge on any atom is -0.322 e. The first kappa shape index (κ1) is 23.0. The number of aromatic nitrogens is 3. The third-order valence-electron chi connectivity index (χ3n) is 5.13. The molecule has 0 spiro atoms. The predicted molar refractivity (Wildman–Crippen MR) is 101 cm³/mol. The minimum absolute atomic E-state index is 0.220. The third kappa shape index (κ3) is 4.03. The lowest BCUT2D eigenvalue weighted by Gasteiger charge is -2.36. The smallest absolute Gasteiger partial charge is 0.322 e. The quantitative estimate of drug-likeness (QED) is 0.453. The number of fused-ring (bicyclic) bond motifs is 1. The first-order valence-electron chi connectivity index (χ1n) is 9.32. The summed E-state index contributed by atoms with van der Waals surface area (Å²) in [6.45, 7) is -0.682. The van der Waals surface area contributed by atoms with Crippen molar-refractivity contribution in [2.45, 2.75) is 24.9 Å². The number of hydrogen-bond donors (Lipinski definition) is 0. The molecule has 0 saturated carbocycles. The Balaban J connectivity index is 1.84. The lowest BCUT2D eigenvalue weighted by Crippen LogP contribution is -2.43. The van der Waals surface area contributed by atoms with Gasteiger partial charge in [0.25, 0.3) is 5.91 Å². The van der Waals surface area contributed by atoms with Crippen LogP contribution in [0.5, 0.6) is 0 Å². The molecule has 0 saturated heterocycles. The van der Waals surface area contributed by atoms with Gasteiger partial charge in [-0.2, -0.15) is 26.3 Å². The highest BCUT2D eigenvalue weighted by Crippen LogP contribution is 2.41. The van der Waals surface area contributed by atoms with Gasteiger partial charge in [0.1, 0.15) is 17.4 Å². The van der Waals surface area contributed by atoms with Crippen molar-refractivity contribution in [2.24, 2.45) is 0 Å². The van der Waals surface area contributed by atoms with Crippen LogP contribution >= 0.6 is 11.6 Å². The van der Waals surface area contributed by atoms with E-state index in [9.17, 15) is 35.5 Å². The topological polar surface area (TPSA) is 51.0 Å². The van der Waals surface area contributed by atoms with E-state index in [1.807, 2.05) is 0 Å². The average Bonchev–Trinajstić information content (AvgIpc) is 3.17. The van der Waals surface area contributed by atoms with Gasteiger partial charge in [-0.15, -0.1) is 10.2 Å². The number of benzene rings is 2. The minimum atomic E-state index is -5.17. The van der Waals surface area contributed by atoms with Crippen LogP contribution in [-0.2, 0) is 18.9 Å². The Morgan fingerprint density at radius 1 is 0.939 bits per heavy atom. The Bertz CT molecular complexity index is 1210. The summed E-state index contributed by atoms with van der Waals surface area (Å²) < 4.78 is 94.5. The average molecular weight is 493 g/mol. The Morgan fingerprint density at radius 2 is 1.61 bits per heavy atom. The van der Waals surface area contributed by atoms with Crippen LogP contribution in [0.1, 0.15) is 39.2 Å². The molecule has 3 aromatic rings. The lowest BCUT2D eigenvalue weighted by atomic mass is 10.0. The van der Waals surface area contributed by atoms with Crippen LogP contribution in [0, 0.1) is 5.82 Å². The third-order valence-corrected chi connectivity index (χ3v) is 5.53. The molecule has 174 valence electrons. The highest BCUT2D eigenvalue weighted by atomic mass is 35.5. The second-order valence-corrected chi connectivity index (χ2v) is 7.50. The van der Waals surface area contributed by atoms with Gasteiger partial charge in [-0.05, 0) is 17.7 Å². The summed E-state index contributed by atoms with van der Waals surface area (Å²) in [4.78, 5) is 14.3. The van der Waals surface area contributed by atoms with Crippen molar-refractivity contribution >= 4 is 17.5 Å². The van der Waals surface area contributed by atoms with Crippen molar-refractivity contribution in [3.63, 3.8) is 0 Å². The molecule has 1 amide bonds. The molecule has 0 unspecified atom stereocenters. The van der Waals surface area contributed by atoms with Crippen LogP contribution in [0.15, 0.2) is 42.5 Å². The van der Waals surface area contributed by atoms with Gasteiger partial charge in [-0.25, -0.2) is 4.39 Å². The first-order chi connectivity index (χ1) is 15.4. The number of carbonyl (C=O) groups excluding carboxylic acids is 1. The molecule has 33 heavy (non-hydrogen) atoms. The Morgan fingerprint density at radius 3 is 2.21 bits per heavy atom. The summed E-state index contributed by atoms with van der Waals surface area (Å²) in [5.41, 5.74) is -2.09. The molecule has 1 aromatic heterocycles. The zero-order valence-electron chi connectivity index (χ0n) is 16.3. The van der Waals surface area contributed by atoms with Crippen LogP contribution in [0.2, 0.25) is 5.02 Å². The van der Waals surface area contributed by atoms with Crippen molar-refractivity contribution in [2.75, 3.05) is 6.54 Å². The van der Waals surface area contributed by atoms with E-state index in [0.29, 0.717) is 11.6 Å². The molecule has 1 aliphatic heterocycles. The van der Waals surface area contributed by atoms with Crippen LogP contribution in [-0.4, -0.2) is 32.1 Å². The maximum Gasteiger partial charge on any atom is 0.451 e. The van der Waals surface area contributed by atoms with Crippen molar-refractivity contribution in [3.8, 4) is 0 Å². The van der Waals surface area contributed by atoms with E-state index in [2.05, 4.69) is 10.2 Å². The van der Waals surface area contributed by atoms with Gasteiger partial charge in [0.15, 0.2) is 5.82 Å². The van der Waals surface area contributed by atoms with E-state index < -0.39 is 52.1 Å². The van der Waals surface area contributed by atoms with Crippen molar-refractivity contribution in [1.29, 1.82) is 0 Å². The number of amides is 1. The molecule has 4 rings (SSSR count). The first-order valence-corrected chi connectivity index (χ1v) is 9.70.